The number of amides is 2. The first-order valence-electron chi connectivity index (χ1n) is 11.6. The summed E-state index contributed by atoms with van der Waals surface area (Å²) in [6, 6.07) is -0.598. The van der Waals surface area contributed by atoms with Crippen LogP contribution in [0.4, 0.5) is 0 Å². The highest BCUT2D eigenvalue weighted by atomic mass is 32.2. The Labute approximate surface area is 189 Å². The van der Waals surface area contributed by atoms with Crippen molar-refractivity contribution < 1.29 is 24.6 Å². The van der Waals surface area contributed by atoms with Crippen LogP contribution in [0.3, 0.4) is 0 Å². The van der Waals surface area contributed by atoms with E-state index in [1.54, 1.807) is 27.6 Å². The second-order valence-electron chi connectivity index (χ2n) is 8.99. The van der Waals surface area contributed by atoms with Crippen LogP contribution in [0.1, 0.15) is 58.3 Å². The number of aliphatic hydroxyl groups is 1. The molecule has 174 valence electrons. The van der Waals surface area contributed by atoms with Gasteiger partial charge in [0.05, 0.1) is 16.6 Å². The third-order valence-corrected chi connectivity index (χ3v) is 9.02. The number of carboxylic acid groups (broad SMARTS) is 1. The lowest BCUT2D eigenvalue weighted by atomic mass is 9.71. The molecule has 3 rings (SSSR count). The van der Waals surface area contributed by atoms with Crippen molar-refractivity contribution in [1.29, 1.82) is 0 Å². The molecule has 2 amide bonds. The largest absolute Gasteiger partial charge is 0.481 e. The molecule has 31 heavy (non-hydrogen) atoms. The summed E-state index contributed by atoms with van der Waals surface area (Å²) >= 11 is 1.59. The SMILES string of the molecule is C=CCN(CCCC)C(=O)C1N(CCCCCCO)C(=O)[C@@H]2[C@H](C(=O)O)[C@@H]3CCC12S3. The smallest absolute Gasteiger partial charge is 0.308 e. The first-order valence-corrected chi connectivity index (χ1v) is 12.5. The van der Waals surface area contributed by atoms with E-state index in [-0.39, 0.29) is 23.7 Å². The lowest BCUT2D eigenvalue weighted by Gasteiger charge is -2.37. The van der Waals surface area contributed by atoms with Crippen molar-refractivity contribution in [1.82, 2.24) is 9.80 Å². The van der Waals surface area contributed by atoms with Crippen LogP contribution in [0.25, 0.3) is 0 Å². The van der Waals surface area contributed by atoms with Gasteiger partial charge in [0.15, 0.2) is 0 Å². The van der Waals surface area contributed by atoms with E-state index in [0.717, 1.165) is 51.4 Å². The average Bonchev–Trinajstić information content (AvgIpc) is 3.38. The van der Waals surface area contributed by atoms with Crippen LogP contribution in [0, 0.1) is 11.8 Å². The third kappa shape index (κ3) is 4.38. The fourth-order valence-corrected chi connectivity index (χ4v) is 7.88. The van der Waals surface area contributed by atoms with Gasteiger partial charge in [0.1, 0.15) is 6.04 Å². The van der Waals surface area contributed by atoms with Crippen LogP contribution in [-0.4, -0.2) is 80.1 Å². The van der Waals surface area contributed by atoms with E-state index in [0.29, 0.717) is 19.6 Å². The lowest BCUT2D eigenvalue weighted by molar-refractivity contribution is -0.148. The Hall–Kier alpha value is -1.54. The summed E-state index contributed by atoms with van der Waals surface area (Å²) in [5.41, 5.74) is 0. The number of carbonyl (C=O) groups excluding carboxylic acids is 2. The Morgan fingerprint density at radius 3 is 2.68 bits per heavy atom. The van der Waals surface area contributed by atoms with Crippen molar-refractivity contribution in [2.24, 2.45) is 11.8 Å². The van der Waals surface area contributed by atoms with Crippen molar-refractivity contribution in [2.45, 2.75) is 74.3 Å². The van der Waals surface area contributed by atoms with Gasteiger partial charge in [0.2, 0.25) is 11.8 Å². The van der Waals surface area contributed by atoms with E-state index in [1.165, 1.54) is 0 Å². The highest BCUT2D eigenvalue weighted by molar-refractivity contribution is 8.02. The molecule has 3 aliphatic heterocycles. The number of carboxylic acids is 1. The Morgan fingerprint density at radius 2 is 2.03 bits per heavy atom. The van der Waals surface area contributed by atoms with Gasteiger partial charge in [-0.05, 0) is 32.1 Å². The molecule has 7 nitrogen and oxygen atoms in total. The molecule has 0 radical (unpaired) electrons. The number of carbonyl (C=O) groups is 3. The molecule has 2 N–H and O–H groups in total. The van der Waals surface area contributed by atoms with E-state index >= 15 is 0 Å². The summed E-state index contributed by atoms with van der Waals surface area (Å²) in [7, 11) is 0. The summed E-state index contributed by atoms with van der Waals surface area (Å²) in [5, 5.41) is 18.8. The number of fused-ring (bicyclic) bond motifs is 1. The molecular weight excluding hydrogens is 416 g/mol. The van der Waals surface area contributed by atoms with Crippen molar-refractivity contribution in [2.75, 3.05) is 26.2 Å². The molecule has 2 bridgehead atoms. The minimum absolute atomic E-state index is 0.0567. The Bertz CT molecular complexity index is 701. The number of aliphatic carboxylic acids is 1. The first kappa shape index (κ1) is 24.1. The average molecular weight is 453 g/mol. The van der Waals surface area contributed by atoms with Crippen LogP contribution in [0.2, 0.25) is 0 Å². The lowest BCUT2D eigenvalue weighted by Crippen LogP contribution is -2.55. The predicted octanol–water partition coefficient (Wildman–Crippen LogP) is 2.53. The van der Waals surface area contributed by atoms with Crippen LogP contribution < -0.4 is 0 Å². The normalized spacial score (nSPS) is 31.2. The van der Waals surface area contributed by atoms with Gasteiger partial charge in [-0.3, -0.25) is 14.4 Å². The van der Waals surface area contributed by atoms with Crippen LogP contribution in [0.15, 0.2) is 12.7 Å². The number of aliphatic hydroxyl groups excluding tert-OH is 1. The maximum absolute atomic E-state index is 13.8. The summed E-state index contributed by atoms with van der Waals surface area (Å²) in [6.07, 6.45) is 8.25. The predicted molar refractivity (Wildman–Crippen MR) is 121 cm³/mol. The minimum atomic E-state index is -0.914. The van der Waals surface area contributed by atoms with Gasteiger partial charge in [-0.1, -0.05) is 32.3 Å². The van der Waals surface area contributed by atoms with E-state index in [1.807, 2.05) is 0 Å². The fraction of sp³-hybridized carbons (Fsp3) is 0.783. The zero-order chi connectivity index (χ0) is 22.6. The molecule has 5 atom stereocenters. The number of hydrogen-bond donors (Lipinski definition) is 2. The van der Waals surface area contributed by atoms with Gasteiger partial charge in [-0.25, -0.2) is 0 Å². The van der Waals surface area contributed by atoms with Crippen molar-refractivity contribution in [3.63, 3.8) is 0 Å². The monoisotopic (exact) mass is 452 g/mol. The van der Waals surface area contributed by atoms with E-state index < -0.39 is 28.6 Å². The molecule has 3 aliphatic rings. The molecule has 8 heteroatoms. The standard InChI is InChI=1S/C23H36N2O5S/c1-3-5-13-24(12-4-2)21(28)19-23-11-10-16(31-23)17(22(29)30)18(23)20(27)25(19)14-8-6-7-9-15-26/h4,16-19,26H,2-3,5-15H2,1H3,(H,29,30)/t16-,17+,18-,19?,23?/m0/s1. The highest BCUT2D eigenvalue weighted by Gasteiger charge is 2.73. The molecule has 1 spiro atoms. The van der Waals surface area contributed by atoms with E-state index in [9.17, 15) is 19.5 Å². The van der Waals surface area contributed by atoms with Gasteiger partial charge in [-0.2, -0.15) is 0 Å². The zero-order valence-corrected chi connectivity index (χ0v) is 19.3. The zero-order valence-electron chi connectivity index (χ0n) is 18.5. The molecule has 3 fully saturated rings. The molecule has 0 aliphatic carbocycles. The Balaban J connectivity index is 1.89. The van der Waals surface area contributed by atoms with Crippen molar-refractivity contribution >= 4 is 29.5 Å². The summed E-state index contributed by atoms with van der Waals surface area (Å²) in [4.78, 5) is 42.9. The van der Waals surface area contributed by atoms with Gasteiger partial charge in [-0.15, -0.1) is 18.3 Å². The minimum Gasteiger partial charge on any atom is -0.481 e. The van der Waals surface area contributed by atoms with Crippen LogP contribution >= 0.6 is 11.8 Å². The quantitative estimate of drug-likeness (QED) is 0.329. The molecule has 0 aromatic rings. The third-order valence-electron chi connectivity index (χ3n) is 7.07. The van der Waals surface area contributed by atoms with E-state index in [4.69, 9.17) is 5.11 Å². The molecule has 0 saturated carbocycles. The number of thioether (sulfide) groups is 1. The van der Waals surface area contributed by atoms with E-state index in [2.05, 4.69) is 13.5 Å². The number of unbranched alkanes of at least 4 members (excludes halogenated alkanes) is 4. The van der Waals surface area contributed by atoms with Gasteiger partial charge < -0.3 is 20.0 Å². The first-order chi connectivity index (χ1) is 14.9. The van der Waals surface area contributed by atoms with Crippen molar-refractivity contribution in [3.05, 3.63) is 12.7 Å². The Morgan fingerprint density at radius 1 is 1.29 bits per heavy atom. The van der Waals surface area contributed by atoms with Crippen LogP contribution in [-0.2, 0) is 14.4 Å². The second kappa shape index (κ2) is 10.4. The molecule has 2 unspecified atom stereocenters. The van der Waals surface area contributed by atoms with Gasteiger partial charge in [0.25, 0.3) is 0 Å². The summed E-state index contributed by atoms with van der Waals surface area (Å²) in [6.45, 7) is 7.55. The fourth-order valence-electron chi connectivity index (χ4n) is 5.67. The molecular formula is C23H36N2O5S. The number of hydrogen-bond acceptors (Lipinski definition) is 5. The van der Waals surface area contributed by atoms with Crippen LogP contribution in [0.5, 0.6) is 0 Å². The molecule has 3 heterocycles. The molecule has 0 aromatic carbocycles. The van der Waals surface area contributed by atoms with Gasteiger partial charge in [0, 0.05) is 31.5 Å². The maximum atomic E-state index is 13.8. The number of likely N-dealkylation sites (tertiary alicyclic amines) is 1. The number of nitrogens with zero attached hydrogens (tertiary/aromatic N) is 2. The van der Waals surface area contributed by atoms with Crippen molar-refractivity contribution in [3.8, 4) is 0 Å². The summed E-state index contributed by atoms with van der Waals surface area (Å²) < 4.78 is -0.626. The van der Waals surface area contributed by atoms with Gasteiger partial charge >= 0.3 is 5.97 Å². The molecule has 3 saturated heterocycles. The highest BCUT2D eigenvalue weighted by Crippen LogP contribution is 2.66. The maximum Gasteiger partial charge on any atom is 0.308 e. The number of rotatable bonds is 13. The summed E-state index contributed by atoms with van der Waals surface area (Å²) in [5.74, 6) is -2.45. The second-order valence-corrected chi connectivity index (χ2v) is 10.6. The Kier molecular flexibility index (Phi) is 8.08. The molecule has 0 aromatic heterocycles. The topological polar surface area (TPSA) is 98.2 Å².